The van der Waals surface area contributed by atoms with Crippen molar-refractivity contribution in [1.29, 1.82) is 0 Å². The highest BCUT2D eigenvalue weighted by atomic mass is 16.5. The van der Waals surface area contributed by atoms with Gasteiger partial charge in [0.15, 0.2) is 0 Å². The minimum absolute atomic E-state index is 0.0445. The van der Waals surface area contributed by atoms with Gasteiger partial charge in [-0.2, -0.15) is 0 Å². The number of benzene rings is 2. The molecule has 0 saturated carbocycles. The van der Waals surface area contributed by atoms with Gasteiger partial charge in [0.25, 0.3) is 5.91 Å². The quantitative estimate of drug-likeness (QED) is 0.629. The summed E-state index contributed by atoms with van der Waals surface area (Å²) in [7, 11) is 0. The summed E-state index contributed by atoms with van der Waals surface area (Å²) in [6.45, 7) is 6.27. The third-order valence-electron chi connectivity index (χ3n) is 5.56. The van der Waals surface area contributed by atoms with Crippen LogP contribution < -0.4 is 15.5 Å². The second kappa shape index (κ2) is 11.5. The molecule has 0 aromatic heterocycles. The first-order chi connectivity index (χ1) is 15.1. The van der Waals surface area contributed by atoms with Gasteiger partial charge in [-0.3, -0.25) is 9.59 Å². The predicted octanol–water partition coefficient (Wildman–Crippen LogP) is 4.36. The average Bonchev–Trinajstić information content (AvgIpc) is 2.80. The first-order valence-corrected chi connectivity index (χ1v) is 11.2. The second-order valence-electron chi connectivity index (χ2n) is 8.09. The van der Waals surface area contributed by atoms with E-state index in [1.54, 1.807) is 6.07 Å². The Labute approximate surface area is 185 Å². The van der Waals surface area contributed by atoms with Gasteiger partial charge in [-0.25, -0.2) is 0 Å². The van der Waals surface area contributed by atoms with E-state index in [4.69, 9.17) is 4.74 Å². The molecule has 2 N–H and O–H groups in total. The van der Waals surface area contributed by atoms with E-state index >= 15 is 0 Å². The summed E-state index contributed by atoms with van der Waals surface area (Å²) in [6.07, 6.45) is 4.34. The molecule has 1 fully saturated rings. The lowest BCUT2D eigenvalue weighted by Crippen LogP contribution is -2.35. The third kappa shape index (κ3) is 6.82. The number of ether oxygens (including phenoxy) is 1. The van der Waals surface area contributed by atoms with Gasteiger partial charge in [0.05, 0.1) is 12.2 Å². The number of anilines is 2. The van der Waals surface area contributed by atoms with Crippen LogP contribution in [-0.2, 0) is 16.1 Å². The zero-order valence-electron chi connectivity index (χ0n) is 18.5. The first kappa shape index (κ1) is 22.8. The van der Waals surface area contributed by atoms with Gasteiger partial charge < -0.3 is 20.3 Å². The molecular formula is C25H33N3O3. The average molecular weight is 424 g/mol. The van der Waals surface area contributed by atoms with E-state index in [0.717, 1.165) is 43.6 Å². The highest BCUT2D eigenvalue weighted by Gasteiger charge is 2.20. The summed E-state index contributed by atoms with van der Waals surface area (Å²) in [6, 6.07) is 15.4. The Morgan fingerprint density at radius 3 is 2.52 bits per heavy atom. The first-order valence-electron chi connectivity index (χ1n) is 11.2. The Kier molecular flexibility index (Phi) is 8.47. The highest BCUT2D eigenvalue weighted by molar-refractivity contribution is 6.02. The number of hydrogen-bond acceptors (Lipinski definition) is 4. The molecule has 2 aromatic rings. The molecule has 0 radical (unpaired) electrons. The standard InChI is InChI=1S/C25H33N3O3/c1-3-19(2)26-25(30)22-16-21(12-13-23(22)28-14-8-5-9-15-28)27-24(29)18-31-17-20-10-6-4-7-11-20/h4,6-7,10-13,16,19H,3,5,8-9,14-15,17-18H2,1-2H3,(H,26,30)(H,27,29). The Balaban J connectivity index is 1.67. The Hall–Kier alpha value is -2.86. The number of amides is 2. The minimum Gasteiger partial charge on any atom is -0.371 e. The van der Waals surface area contributed by atoms with Crippen molar-refractivity contribution in [3.05, 3.63) is 59.7 Å². The molecule has 31 heavy (non-hydrogen) atoms. The lowest BCUT2D eigenvalue weighted by Gasteiger charge is -2.31. The number of rotatable bonds is 9. The number of carbonyl (C=O) groups excluding carboxylic acids is 2. The number of nitrogens with zero attached hydrogens (tertiary/aromatic N) is 1. The monoisotopic (exact) mass is 423 g/mol. The van der Waals surface area contributed by atoms with E-state index in [-0.39, 0.29) is 24.5 Å². The molecule has 2 aromatic carbocycles. The van der Waals surface area contributed by atoms with Crippen LogP contribution in [0.25, 0.3) is 0 Å². The number of carbonyl (C=O) groups is 2. The van der Waals surface area contributed by atoms with Gasteiger partial charge in [-0.15, -0.1) is 0 Å². The lowest BCUT2D eigenvalue weighted by molar-refractivity contribution is -0.121. The van der Waals surface area contributed by atoms with E-state index in [9.17, 15) is 9.59 Å². The van der Waals surface area contributed by atoms with Crippen molar-refractivity contribution in [2.24, 2.45) is 0 Å². The van der Waals surface area contributed by atoms with Gasteiger partial charge >= 0.3 is 0 Å². The fourth-order valence-corrected chi connectivity index (χ4v) is 3.64. The molecule has 0 aliphatic carbocycles. The van der Waals surface area contributed by atoms with Gasteiger partial charge in [0.1, 0.15) is 6.61 Å². The van der Waals surface area contributed by atoms with E-state index in [0.29, 0.717) is 17.9 Å². The minimum atomic E-state index is -0.241. The van der Waals surface area contributed by atoms with Crippen LogP contribution >= 0.6 is 0 Å². The van der Waals surface area contributed by atoms with Crippen LogP contribution in [0.15, 0.2) is 48.5 Å². The zero-order valence-corrected chi connectivity index (χ0v) is 18.5. The molecule has 1 unspecified atom stereocenters. The number of piperidine rings is 1. The van der Waals surface area contributed by atoms with Crippen molar-refractivity contribution >= 4 is 23.2 Å². The van der Waals surface area contributed by atoms with Gasteiger partial charge in [0, 0.05) is 30.5 Å². The van der Waals surface area contributed by atoms with Crippen molar-refractivity contribution in [2.45, 2.75) is 52.2 Å². The Morgan fingerprint density at radius 2 is 1.81 bits per heavy atom. The van der Waals surface area contributed by atoms with Crippen molar-refractivity contribution in [3.63, 3.8) is 0 Å². The topological polar surface area (TPSA) is 70.7 Å². The summed E-state index contributed by atoms with van der Waals surface area (Å²) in [4.78, 5) is 27.6. The van der Waals surface area contributed by atoms with Crippen LogP contribution in [0, 0.1) is 0 Å². The van der Waals surface area contributed by atoms with Gasteiger partial charge in [-0.05, 0) is 56.4 Å². The van der Waals surface area contributed by atoms with E-state index < -0.39 is 0 Å². The normalized spacial score (nSPS) is 14.7. The molecule has 1 atom stereocenters. The van der Waals surface area contributed by atoms with Crippen LogP contribution in [-0.4, -0.2) is 37.6 Å². The maximum Gasteiger partial charge on any atom is 0.253 e. The Morgan fingerprint density at radius 1 is 1.06 bits per heavy atom. The van der Waals surface area contributed by atoms with E-state index in [2.05, 4.69) is 15.5 Å². The van der Waals surface area contributed by atoms with E-state index in [1.807, 2.05) is 56.3 Å². The van der Waals surface area contributed by atoms with Crippen LogP contribution in [0.2, 0.25) is 0 Å². The van der Waals surface area contributed by atoms with Crippen LogP contribution in [0.5, 0.6) is 0 Å². The smallest absolute Gasteiger partial charge is 0.253 e. The molecule has 2 amide bonds. The van der Waals surface area contributed by atoms with Crippen LogP contribution in [0.4, 0.5) is 11.4 Å². The predicted molar refractivity (Wildman–Crippen MR) is 124 cm³/mol. The summed E-state index contributed by atoms with van der Waals surface area (Å²) in [5, 5.41) is 5.91. The fraction of sp³-hybridized carbons (Fsp3) is 0.440. The molecule has 0 bridgehead atoms. The summed E-state index contributed by atoms with van der Waals surface area (Å²) in [5.41, 5.74) is 3.15. The SMILES string of the molecule is CCC(C)NC(=O)c1cc(NC(=O)COCc2ccccc2)ccc1N1CCCCC1. The number of nitrogens with one attached hydrogen (secondary N) is 2. The summed E-state index contributed by atoms with van der Waals surface area (Å²) >= 11 is 0. The van der Waals surface area contributed by atoms with Crippen LogP contribution in [0.1, 0.15) is 55.5 Å². The summed E-state index contributed by atoms with van der Waals surface area (Å²) in [5.74, 6) is -0.346. The zero-order chi connectivity index (χ0) is 22.1. The maximum atomic E-state index is 13.0. The lowest BCUT2D eigenvalue weighted by atomic mass is 10.1. The molecule has 0 spiro atoms. The molecule has 166 valence electrons. The fourth-order valence-electron chi connectivity index (χ4n) is 3.64. The largest absolute Gasteiger partial charge is 0.371 e. The second-order valence-corrected chi connectivity index (χ2v) is 8.09. The van der Waals surface area contributed by atoms with Crippen molar-refractivity contribution < 1.29 is 14.3 Å². The Bertz CT molecular complexity index is 864. The van der Waals surface area contributed by atoms with Crippen LogP contribution in [0.3, 0.4) is 0 Å². The molecule has 1 aliphatic rings. The van der Waals surface area contributed by atoms with Gasteiger partial charge in [-0.1, -0.05) is 37.3 Å². The molecule has 3 rings (SSSR count). The molecule has 1 aliphatic heterocycles. The molecule has 1 heterocycles. The maximum absolute atomic E-state index is 13.0. The molecule has 6 nitrogen and oxygen atoms in total. The highest BCUT2D eigenvalue weighted by Crippen LogP contribution is 2.27. The third-order valence-corrected chi connectivity index (χ3v) is 5.56. The molecular weight excluding hydrogens is 390 g/mol. The van der Waals surface area contributed by atoms with Crippen molar-refractivity contribution in [3.8, 4) is 0 Å². The van der Waals surface area contributed by atoms with Crippen molar-refractivity contribution in [1.82, 2.24) is 5.32 Å². The molecule has 6 heteroatoms. The number of hydrogen-bond donors (Lipinski definition) is 2. The summed E-state index contributed by atoms with van der Waals surface area (Å²) < 4.78 is 5.52. The van der Waals surface area contributed by atoms with Gasteiger partial charge in [0.2, 0.25) is 5.91 Å². The molecule has 1 saturated heterocycles. The van der Waals surface area contributed by atoms with E-state index in [1.165, 1.54) is 6.42 Å². The van der Waals surface area contributed by atoms with Crippen molar-refractivity contribution in [2.75, 3.05) is 29.9 Å².